The number of rotatable bonds is 4. The molecule has 1 unspecified atom stereocenters. The molecule has 0 radical (unpaired) electrons. The van der Waals surface area contributed by atoms with Crippen molar-refractivity contribution in [3.05, 3.63) is 28.8 Å². The summed E-state index contributed by atoms with van der Waals surface area (Å²) in [5.74, 6) is 0.741. The van der Waals surface area contributed by atoms with Gasteiger partial charge in [0.25, 0.3) is 0 Å². The van der Waals surface area contributed by atoms with Crippen LogP contribution in [0.4, 0.5) is 0 Å². The summed E-state index contributed by atoms with van der Waals surface area (Å²) < 4.78 is 5.49. The molecule has 0 saturated carbocycles. The Balaban J connectivity index is 2.62. The van der Waals surface area contributed by atoms with Gasteiger partial charge >= 0.3 is 0 Å². The standard InChI is InChI=1S/C12H17ClO2/c1-4-12(3,14)8-15-10-5-6-11(13)9(2)7-10/h5-7,14H,4,8H2,1-3H3. The number of hydrogen-bond acceptors (Lipinski definition) is 2. The second-order valence-corrected chi connectivity index (χ2v) is 4.46. The van der Waals surface area contributed by atoms with Crippen molar-refractivity contribution in [1.29, 1.82) is 0 Å². The van der Waals surface area contributed by atoms with E-state index in [9.17, 15) is 5.11 Å². The molecule has 84 valence electrons. The molecule has 0 aliphatic heterocycles. The molecular formula is C12H17ClO2. The molecule has 0 amide bonds. The Morgan fingerprint density at radius 2 is 2.13 bits per heavy atom. The van der Waals surface area contributed by atoms with Crippen LogP contribution in [0.1, 0.15) is 25.8 Å². The van der Waals surface area contributed by atoms with Crippen molar-refractivity contribution in [3.8, 4) is 5.75 Å². The minimum absolute atomic E-state index is 0.296. The molecule has 0 spiro atoms. The van der Waals surface area contributed by atoms with E-state index in [0.29, 0.717) is 13.0 Å². The minimum atomic E-state index is -0.770. The molecule has 1 aromatic carbocycles. The maximum atomic E-state index is 9.76. The molecule has 0 aliphatic carbocycles. The number of ether oxygens (including phenoxy) is 1. The average Bonchev–Trinajstić information content (AvgIpc) is 2.20. The zero-order valence-electron chi connectivity index (χ0n) is 9.38. The highest BCUT2D eigenvalue weighted by Gasteiger charge is 2.18. The topological polar surface area (TPSA) is 29.5 Å². The predicted octanol–water partition coefficient (Wildman–Crippen LogP) is 3.19. The Bertz CT molecular complexity index is 334. The molecule has 0 fully saturated rings. The van der Waals surface area contributed by atoms with E-state index >= 15 is 0 Å². The maximum absolute atomic E-state index is 9.76. The van der Waals surface area contributed by atoms with Gasteiger partial charge in [-0.2, -0.15) is 0 Å². The highest BCUT2D eigenvalue weighted by molar-refractivity contribution is 6.31. The average molecular weight is 229 g/mol. The highest BCUT2D eigenvalue weighted by Crippen LogP contribution is 2.22. The molecule has 0 saturated heterocycles. The Morgan fingerprint density at radius 3 is 2.67 bits per heavy atom. The van der Waals surface area contributed by atoms with Crippen LogP contribution in [0.5, 0.6) is 5.75 Å². The smallest absolute Gasteiger partial charge is 0.119 e. The number of benzene rings is 1. The van der Waals surface area contributed by atoms with Gasteiger partial charge in [-0.1, -0.05) is 18.5 Å². The molecule has 1 atom stereocenters. The third kappa shape index (κ3) is 3.73. The Morgan fingerprint density at radius 1 is 1.47 bits per heavy atom. The summed E-state index contributed by atoms with van der Waals surface area (Å²) in [5, 5.41) is 10.5. The van der Waals surface area contributed by atoms with Crippen LogP contribution >= 0.6 is 11.6 Å². The van der Waals surface area contributed by atoms with Crippen molar-refractivity contribution in [2.45, 2.75) is 32.8 Å². The van der Waals surface area contributed by atoms with Crippen LogP contribution in [0.2, 0.25) is 5.02 Å². The Kier molecular flexibility index (Phi) is 4.00. The first-order valence-electron chi connectivity index (χ1n) is 5.06. The molecule has 0 aromatic heterocycles. The van der Waals surface area contributed by atoms with E-state index in [1.165, 1.54) is 0 Å². The minimum Gasteiger partial charge on any atom is -0.491 e. The van der Waals surface area contributed by atoms with E-state index in [2.05, 4.69) is 0 Å². The molecular weight excluding hydrogens is 212 g/mol. The van der Waals surface area contributed by atoms with Gasteiger partial charge in [-0.25, -0.2) is 0 Å². The van der Waals surface area contributed by atoms with E-state index in [0.717, 1.165) is 16.3 Å². The van der Waals surface area contributed by atoms with E-state index in [1.54, 1.807) is 19.1 Å². The molecule has 2 nitrogen and oxygen atoms in total. The van der Waals surface area contributed by atoms with E-state index in [1.807, 2.05) is 19.9 Å². The van der Waals surface area contributed by atoms with Crippen LogP contribution in [0.3, 0.4) is 0 Å². The fourth-order valence-electron chi connectivity index (χ4n) is 1.05. The molecule has 15 heavy (non-hydrogen) atoms. The lowest BCUT2D eigenvalue weighted by Gasteiger charge is -2.21. The van der Waals surface area contributed by atoms with Gasteiger partial charge in [-0.05, 0) is 44.0 Å². The third-order valence-electron chi connectivity index (χ3n) is 2.44. The van der Waals surface area contributed by atoms with Crippen molar-refractivity contribution in [3.63, 3.8) is 0 Å². The summed E-state index contributed by atoms with van der Waals surface area (Å²) in [6, 6.07) is 5.47. The second-order valence-electron chi connectivity index (χ2n) is 4.05. The first kappa shape index (κ1) is 12.3. The molecule has 3 heteroatoms. The van der Waals surface area contributed by atoms with E-state index in [-0.39, 0.29) is 0 Å². The molecule has 1 N–H and O–H groups in total. The van der Waals surface area contributed by atoms with Gasteiger partial charge in [0.05, 0.1) is 5.60 Å². The van der Waals surface area contributed by atoms with Crippen molar-refractivity contribution >= 4 is 11.6 Å². The van der Waals surface area contributed by atoms with Gasteiger partial charge in [0.2, 0.25) is 0 Å². The highest BCUT2D eigenvalue weighted by atomic mass is 35.5. The van der Waals surface area contributed by atoms with Gasteiger partial charge in [0, 0.05) is 5.02 Å². The summed E-state index contributed by atoms with van der Waals surface area (Å²) in [6.45, 7) is 5.91. The normalized spacial score (nSPS) is 14.7. The van der Waals surface area contributed by atoms with Crippen molar-refractivity contribution < 1.29 is 9.84 Å². The zero-order chi connectivity index (χ0) is 11.5. The van der Waals surface area contributed by atoms with Crippen molar-refractivity contribution in [1.82, 2.24) is 0 Å². The monoisotopic (exact) mass is 228 g/mol. The molecule has 1 aromatic rings. The first-order chi connectivity index (χ1) is 6.94. The summed E-state index contributed by atoms with van der Waals surface area (Å²) in [7, 11) is 0. The van der Waals surface area contributed by atoms with Crippen molar-refractivity contribution in [2.24, 2.45) is 0 Å². The molecule has 0 bridgehead atoms. The lowest BCUT2D eigenvalue weighted by molar-refractivity contribution is 0.00845. The molecule has 0 heterocycles. The van der Waals surface area contributed by atoms with Gasteiger partial charge in [0.1, 0.15) is 12.4 Å². The summed E-state index contributed by atoms with van der Waals surface area (Å²) >= 11 is 5.89. The lowest BCUT2D eigenvalue weighted by atomic mass is 10.1. The van der Waals surface area contributed by atoms with Crippen LogP contribution in [0, 0.1) is 6.92 Å². The SMILES string of the molecule is CCC(C)(O)COc1ccc(Cl)c(C)c1. The van der Waals surface area contributed by atoms with Crippen LogP contribution in [-0.2, 0) is 0 Å². The fraction of sp³-hybridized carbons (Fsp3) is 0.500. The van der Waals surface area contributed by atoms with E-state index in [4.69, 9.17) is 16.3 Å². The van der Waals surface area contributed by atoms with E-state index < -0.39 is 5.60 Å². The second kappa shape index (κ2) is 4.86. The quantitative estimate of drug-likeness (QED) is 0.858. The zero-order valence-corrected chi connectivity index (χ0v) is 10.1. The van der Waals surface area contributed by atoms with Crippen LogP contribution in [-0.4, -0.2) is 17.3 Å². The van der Waals surface area contributed by atoms with Gasteiger partial charge in [0.15, 0.2) is 0 Å². The Hall–Kier alpha value is -0.730. The number of halogens is 1. The predicted molar refractivity (Wildman–Crippen MR) is 62.6 cm³/mol. The fourth-order valence-corrected chi connectivity index (χ4v) is 1.17. The number of hydrogen-bond donors (Lipinski definition) is 1. The van der Waals surface area contributed by atoms with Crippen LogP contribution < -0.4 is 4.74 Å². The van der Waals surface area contributed by atoms with Gasteiger partial charge in [-0.15, -0.1) is 0 Å². The summed E-state index contributed by atoms with van der Waals surface area (Å²) in [4.78, 5) is 0. The molecule has 1 rings (SSSR count). The van der Waals surface area contributed by atoms with Gasteiger partial charge < -0.3 is 9.84 Å². The Labute approximate surface area is 95.8 Å². The summed E-state index contributed by atoms with van der Waals surface area (Å²) in [5.41, 5.74) is 0.207. The van der Waals surface area contributed by atoms with Gasteiger partial charge in [-0.3, -0.25) is 0 Å². The maximum Gasteiger partial charge on any atom is 0.119 e. The molecule has 0 aliphatic rings. The summed E-state index contributed by atoms with van der Waals surface area (Å²) in [6.07, 6.45) is 0.666. The first-order valence-corrected chi connectivity index (χ1v) is 5.44. The number of aryl methyl sites for hydroxylation is 1. The van der Waals surface area contributed by atoms with Crippen molar-refractivity contribution in [2.75, 3.05) is 6.61 Å². The van der Waals surface area contributed by atoms with Crippen LogP contribution in [0.15, 0.2) is 18.2 Å². The van der Waals surface area contributed by atoms with Crippen LogP contribution in [0.25, 0.3) is 0 Å². The lowest BCUT2D eigenvalue weighted by Crippen LogP contribution is -2.31. The third-order valence-corrected chi connectivity index (χ3v) is 2.86. The largest absolute Gasteiger partial charge is 0.491 e. The number of aliphatic hydroxyl groups is 1.